The van der Waals surface area contributed by atoms with Crippen molar-refractivity contribution in [3.63, 3.8) is 0 Å². The van der Waals surface area contributed by atoms with Crippen molar-refractivity contribution in [1.82, 2.24) is 9.97 Å². The summed E-state index contributed by atoms with van der Waals surface area (Å²) in [5.41, 5.74) is 20.3. The quantitative estimate of drug-likeness (QED) is 0.168. The first-order chi connectivity index (χ1) is 28.7. The van der Waals surface area contributed by atoms with Crippen molar-refractivity contribution in [2.75, 3.05) is 0 Å². The predicted octanol–water partition coefficient (Wildman–Crippen LogP) is 15.5. The molecule has 2 aromatic heterocycles. The molecule has 0 saturated heterocycles. The van der Waals surface area contributed by atoms with E-state index < -0.39 is 0 Å². The van der Waals surface area contributed by atoms with E-state index >= 15 is 0 Å². The van der Waals surface area contributed by atoms with Gasteiger partial charge in [-0.1, -0.05) is 120 Å². The number of aryl methyl sites for hydroxylation is 6. The summed E-state index contributed by atoms with van der Waals surface area (Å²) < 4.78 is 6.63. The minimum Gasteiger partial charge on any atom is -0.455 e. The maximum atomic E-state index is 6.63. The van der Waals surface area contributed by atoms with Gasteiger partial charge in [-0.05, 0) is 143 Å². The Balaban J connectivity index is 1.13. The second-order valence-corrected chi connectivity index (χ2v) is 16.5. The number of para-hydroxylation sites is 1. The van der Waals surface area contributed by atoms with Gasteiger partial charge in [0.15, 0.2) is 0 Å². The molecular formula is C56H42N2O. The second-order valence-electron chi connectivity index (χ2n) is 16.5. The maximum Gasteiger partial charge on any atom is 0.143 e. The highest BCUT2D eigenvalue weighted by atomic mass is 16.3. The van der Waals surface area contributed by atoms with Crippen LogP contribution in [-0.4, -0.2) is 9.97 Å². The fourth-order valence-electron chi connectivity index (χ4n) is 10.1. The Kier molecular flexibility index (Phi) is 7.87. The highest BCUT2D eigenvalue weighted by Gasteiger charge is 2.19. The average molecular weight is 759 g/mol. The largest absolute Gasteiger partial charge is 0.455 e. The summed E-state index contributed by atoms with van der Waals surface area (Å²) in [6.45, 7) is 13.2. The van der Waals surface area contributed by atoms with Crippen LogP contribution in [0.3, 0.4) is 0 Å². The van der Waals surface area contributed by atoms with E-state index in [1.165, 1.54) is 77.2 Å². The van der Waals surface area contributed by atoms with Gasteiger partial charge in [0.25, 0.3) is 0 Å². The Morgan fingerprint density at radius 1 is 0.424 bits per heavy atom. The molecule has 0 amide bonds. The molecule has 9 aromatic carbocycles. The number of nitrogens with zero attached hydrogens (tertiary/aromatic N) is 2. The number of hydrogen-bond donors (Lipinski definition) is 0. The van der Waals surface area contributed by atoms with Crippen LogP contribution in [0.25, 0.3) is 110 Å². The first-order valence-electron chi connectivity index (χ1n) is 20.5. The Morgan fingerprint density at radius 3 is 1.66 bits per heavy atom. The van der Waals surface area contributed by atoms with Crippen molar-refractivity contribution in [2.24, 2.45) is 0 Å². The van der Waals surface area contributed by atoms with Crippen LogP contribution in [0.5, 0.6) is 0 Å². The summed E-state index contributed by atoms with van der Waals surface area (Å²) in [6, 6.07) is 50.8. The van der Waals surface area contributed by atoms with Crippen molar-refractivity contribution in [3.8, 4) is 44.6 Å². The SMILES string of the molecule is Cc1cc(C)c(-c2ccc3c(c2)c2cc(-c4c(C)cc(C)cc4C)ccc2c2nc(-c4cccc(-c5cc6ccccc6c6c5oc5ccccc56)c4)cnc32)c(C)c1. The lowest BCUT2D eigenvalue weighted by atomic mass is 9.88. The van der Waals surface area contributed by atoms with Gasteiger partial charge in [-0.2, -0.15) is 0 Å². The summed E-state index contributed by atoms with van der Waals surface area (Å²) >= 11 is 0. The van der Waals surface area contributed by atoms with E-state index in [-0.39, 0.29) is 0 Å². The van der Waals surface area contributed by atoms with Crippen molar-refractivity contribution < 1.29 is 4.42 Å². The van der Waals surface area contributed by atoms with Gasteiger partial charge in [-0.3, -0.25) is 4.98 Å². The minimum atomic E-state index is 0.832. The molecule has 282 valence electrons. The molecule has 0 unspecified atom stereocenters. The van der Waals surface area contributed by atoms with Gasteiger partial charge in [0.1, 0.15) is 11.2 Å². The van der Waals surface area contributed by atoms with Crippen molar-refractivity contribution >= 4 is 65.3 Å². The van der Waals surface area contributed by atoms with E-state index in [4.69, 9.17) is 14.4 Å². The molecule has 0 fully saturated rings. The summed E-state index contributed by atoms with van der Waals surface area (Å²) in [7, 11) is 0. The topological polar surface area (TPSA) is 38.9 Å². The number of benzene rings is 9. The van der Waals surface area contributed by atoms with Gasteiger partial charge >= 0.3 is 0 Å². The molecule has 0 bridgehead atoms. The smallest absolute Gasteiger partial charge is 0.143 e. The summed E-state index contributed by atoms with van der Waals surface area (Å²) in [6.07, 6.45) is 1.94. The monoisotopic (exact) mass is 758 g/mol. The molecule has 3 nitrogen and oxygen atoms in total. The molecule has 11 rings (SSSR count). The number of furan rings is 1. The predicted molar refractivity (Wildman–Crippen MR) is 249 cm³/mol. The first kappa shape index (κ1) is 35.1. The molecule has 0 aliphatic carbocycles. The normalized spacial score (nSPS) is 11.9. The lowest BCUT2D eigenvalue weighted by molar-refractivity contribution is 0.670. The fourth-order valence-corrected chi connectivity index (χ4v) is 10.1. The van der Waals surface area contributed by atoms with Crippen LogP contribution < -0.4 is 0 Å². The van der Waals surface area contributed by atoms with Crippen LogP contribution in [0.4, 0.5) is 0 Å². The zero-order valence-corrected chi connectivity index (χ0v) is 34.2. The van der Waals surface area contributed by atoms with Crippen LogP contribution in [0, 0.1) is 41.5 Å². The molecule has 59 heavy (non-hydrogen) atoms. The summed E-state index contributed by atoms with van der Waals surface area (Å²) in [5, 5.41) is 9.21. The third-order valence-corrected chi connectivity index (χ3v) is 12.4. The molecule has 0 N–H and O–H groups in total. The van der Waals surface area contributed by atoms with E-state index in [2.05, 4.69) is 175 Å². The van der Waals surface area contributed by atoms with Gasteiger partial charge in [-0.15, -0.1) is 0 Å². The van der Waals surface area contributed by atoms with Gasteiger partial charge in [0.05, 0.1) is 22.9 Å². The zero-order valence-electron chi connectivity index (χ0n) is 34.2. The van der Waals surface area contributed by atoms with Gasteiger partial charge in [-0.25, -0.2) is 4.98 Å². The molecule has 0 radical (unpaired) electrons. The molecule has 3 heteroatoms. The Bertz CT molecular complexity index is 3520. The summed E-state index contributed by atoms with van der Waals surface area (Å²) in [4.78, 5) is 10.7. The van der Waals surface area contributed by atoms with Gasteiger partial charge in [0.2, 0.25) is 0 Å². The maximum absolute atomic E-state index is 6.63. The number of fused-ring (bicyclic) bond motifs is 11. The van der Waals surface area contributed by atoms with E-state index in [0.29, 0.717) is 0 Å². The summed E-state index contributed by atoms with van der Waals surface area (Å²) in [5.74, 6) is 0. The Labute approximate surface area is 343 Å². The van der Waals surface area contributed by atoms with E-state index in [1.54, 1.807) is 0 Å². The lowest BCUT2D eigenvalue weighted by Gasteiger charge is -2.17. The number of rotatable bonds is 4. The Morgan fingerprint density at radius 2 is 1.00 bits per heavy atom. The van der Waals surface area contributed by atoms with Crippen molar-refractivity contribution in [1.29, 1.82) is 0 Å². The molecule has 0 saturated carbocycles. The second kappa shape index (κ2) is 13.2. The van der Waals surface area contributed by atoms with Crippen LogP contribution in [0.15, 0.2) is 150 Å². The highest BCUT2D eigenvalue weighted by Crippen LogP contribution is 2.43. The fraction of sp³-hybridized carbons (Fsp3) is 0.107. The number of hydrogen-bond acceptors (Lipinski definition) is 3. The van der Waals surface area contributed by atoms with Crippen LogP contribution in [-0.2, 0) is 0 Å². The molecule has 11 aromatic rings. The van der Waals surface area contributed by atoms with E-state index in [9.17, 15) is 0 Å². The van der Waals surface area contributed by atoms with E-state index in [1.807, 2.05) is 12.3 Å². The van der Waals surface area contributed by atoms with Crippen molar-refractivity contribution in [3.05, 3.63) is 179 Å². The standard InChI is InChI=1S/C56H42N2O/c1-31-22-33(3)51(34(4)23-31)40-18-20-43-47(28-40)48-29-41(52-35(5)24-32(2)25-36(52)6)19-21-44(48)55-54(43)57-30-49(58-55)39-14-11-13-37(26-39)46-27-38-12-7-8-15-42(38)53-45-16-9-10-17-50(45)59-56(46)53/h7-30H,1-6H3. The van der Waals surface area contributed by atoms with Crippen molar-refractivity contribution in [2.45, 2.75) is 41.5 Å². The minimum absolute atomic E-state index is 0.832. The molecule has 0 spiro atoms. The Hall–Kier alpha value is -7.10. The molecule has 0 atom stereocenters. The molecular weight excluding hydrogens is 717 g/mol. The van der Waals surface area contributed by atoms with Crippen LogP contribution >= 0.6 is 0 Å². The van der Waals surface area contributed by atoms with Crippen LogP contribution in [0.2, 0.25) is 0 Å². The molecule has 0 aliphatic rings. The lowest BCUT2D eigenvalue weighted by Crippen LogP contribution is -1.95. The van der Waals surface area contributed by atoms with E-state index in [0.717, 1.165) is 66.1 Å². The average Bonchev–Trinajstić information content (AvgIpc) is 3.63. The van der Waals surface area contributed by atoms with Gasteiger partial charge in [0, 0.05) is 32.7 Å². The highest BCUT2D eigenvalue weighted by molar-refractivity contribution is 6.25. The molecule has 0 aliphatic heterocycles. The first-order valence-corrected chi connectivity index (χ1v) is 20.5. The van der Waals surface area contributed by atoms with Gasteiger partial charge < -0.3 is 4.42 Å². The van der Waals surface area contributed by atoms with Crippen LogP contribution in [0.1, 0.15) is 33.4 Å². The third-order valence-electron chi connectivity index (χ3n) is 12.4. The zero-order chi connectivity index (χ0) is 40.1. The molecule has 2 heterocycles. The third kappa shape index (κ3) is 5.56. The number of aromatic nitrogens is 2.